The lowest BCUT2D eigenvalue weighted by Gasteiger charge is -2.34. The summed E-state index contributed by atoms with van der Waals surface area (Å²) in [6.07, 6.45) is 3.38. The summed E-state index contributed by atoms with van der Waals surface area (Å²) in [4.78, 5) is 2.41. The maximum absolute atomic E-state index is 12.8. The Bertz CT molecular complexity index is 777. The van der Waals surface area contributed by atoms with Gasteiger partial charge in [-0.1, -0.05) is 17.7 Å². The van der Waals surface area contributed by atoms with Crippen molar-refractivity contribution in [2.24, 2.45) is 0 Å². The molecule has 4 rings (SSSR count). The van der Waals surface area contributed by atoms with Gasteiger partial charge in [-0.25, -0.2) is 0 Å². The zero-order valence-corrected chi connectivity index (χ0v) is 15.6. The minimum atomic E-state index is -0.0116. The van der Waals surface area contributed by atoms with Crippen LogP contribution in [-0.4, -0.2) is 31.1 Å². The van der Waals surface area contributed by atoms with Crippen LogP contribution in [0.3, 0.4) is 0 Å². The summed E-state index contributed by atoms with van der Waals surface area (Å²) < 4.78 is 1.88. The molecule has 0 bridgehead atoms. The molecule has 6 heteroatoms. The van der Waals surface area contributed by atoms with E-state index in [1.807, 2.05) is 6.07 Å². The summed E-state index contributed by atoms with van der Waals surface area (Å²) in [6.45, 7) is 3.76. The van der Waals surface area contributed by atoms with E-state index >= 15 is 0 Å². The Morgan fingerprint density at radius 3 is 2.71 bits per heavy atom. The number of piperazine rings is 1. The van der Waals surface area contributed by atoms with E-state index in [1.54, 1.807) is 6.20 Å². The Morgan fingerprint density at radius 2 is 1.92 bits per heavy atom. The minimum absolute atomic E-state index is 0.0116. The number of halogens is 2. The molecule has 4 nitrogen and oxygen atoms in total. The fourth-order valence-electron chi connectivity index (χ4n) is 3.88. The highest BCUT2D eigenvalue weighted by Gasteiger charge is 2.35. The number of benzene rings is 1. The van der Waals surface area contributed by atoms with Gasteiger partial charge < -0.3 is 10.5 Å². The third-order valence-electron chi connectivity index (χ3n) is 4.96. The van der Waals surface area contributed by atoms with E-state index in [-0.39, 0.29) is 6.04 Å². The van der Waals surface area contributed by atoms with E-state index in [0.29, 0.717) is 0 Å². The molecule has 2 aromatic rings. The van der Waals surface area contributed by atoms with E-state index in [4.69, 9.17) is 11.6 Å². The lowest BCUT2D eigenvalue weighted by atomic mass is 9.96. The van der Waals surface area contributed by atoms with Crippen molar-refractivity contribution >= 4 is 27.5 Å². The van der Waals surface area contributed by atoms with Crippen molar-refractivity contribution in [3.8, 4) is 0 Å². The molecule has 0 amide bonds. The van der Waals surface area contributed by atoms with Crippen molar-refractivity contribution < 1.29 is 4.73 Å². The van der Waals surface area contributed by atoms with Crippen molar-refractivity contribution in [3.63, 3.8) is 0 Å². The lowest BCUT2D eigenvalue weighted by Crippen LogP contribution is -2.48. The first-order valence-electron chi connectivity index (χ1n) is 8.28. The number of rotatable bonds is 1. The summed E-state index contributed by atoms with van der Waals surface area (Å²) in [5.41, 5.74) is 4.45. The Labute approximate surface area is 155 Å². The fourth-order valence-corrected chi connectivity index (χ4v) is 4.54. The van der Waals surface area contributed by atoms with E-state index in [2.05, 4.69) is 44.3 Å². The normalized spacial score (nSPS) is 21.0. The summed E-state index contributed by atoms with van der Waals surface area (Å²) in [5, 5.41) is 16.9. The van der Waals surface area contributed by atoms with Crippen molar-refractivity contribution in [2.45, 2.75) is 18.9 Å². The van der Waals surface area contributed by atoms with Crippen LogP contribution in [0.5, 0.6) is 0 Å². The monoisotopic (exact) mass is 407 g/mol. The zero-order valence-electron chi connectivity index (χ0n) is 13.3. The lowest BCUT2D eigenvalue weighted by molar-refractivity contribution is -0.617. The van der Waals surface area contributed by atoms with E-state index < -0.39 is 0 Å². The van der Waals surface area contributed by atoms with Crippen LogP contribution in [0.25, 0.3) is 0 Å². The average Bonchev–Trinajstić information content (AvgIpc) is 2.72. The van der Waals surface area contributed by atoms with Gasteiger partial charge >= 0.3 is 0 Å². The molecule has 2 heterocycles. The summed E-state index contributed by atoms with van der Waals surface area (Å²) >= 11 is 9.70. The molecule has 1 aliphatic carbocycles. The number of pyridine rings is 1. The van der Waals surface area contributed by atoms with Gasteiger partial charge in [0.15, 0.2) is 6.20 Å². The molecule has 1 saturated heterocycles. The van der Waals surface area contributed by atoms with Gasteiger partial charge in [0.1, 0.15) is 6.04 Å². The molecule has 0 radical (unpaired) electrons. The van der Waals surface area contributed by atoms with Crippen LogP contribution in [0.1, 0.15) is 28.4 Å². The van der Waals surface area contributed by atoms with Crippen LogP contribution in [0, 0.1) is 5.21 Å². The third-order valence-corrected chi connectivity index (χ3v) is 5.63. The van der Waals surface area contributed by atoms with Crippen LogP contribution in [0.4, 0.5) is 0 Å². The van der Waals surface area contributed by atoms with Crippen molar-refractivity contribution in [3.05, 3.63) is 67.5 Å². The molecule has 1 unspecified atom stereocenters. The second kappa shape index (κ2) is 6.64. The predicted octanol–water partition coefficient (Wildman–Crippen LogP) is 2.83. The maximum Gasteiger partial charge on any atom is 0.217 e. The smallest absolute Gasteiger partial charge is 0.217 e. The molecule has 0 spiro atoms. The fraction of sp³-hybridized carbons (Fsp3) is 0.389. The highest BCUT2D eigenvalue weighted by Crippen LogP contribution is 2.36. The first kappa shape index (κ1) is 16.3. The average molecular weight is 409 g/mol. The molecule has 1 aromatic heterocycles. The SMILES string of the molecule is [O-][n+]1cc(Br)cc2c1C(N1CCNCC1)c1ccc(Cl)cc1CC2. The molecule has 24 heavy (non-hydrogen) atoms. The zero-order chi connectivity index (χ0) is 16.7. The van der Waals surface area contributed by atoms with Crippen molar-refractivity contribution in [1.29, 1.82) is 0 Å². The molecule has 1 fully saturated rings. The van der Waals surface area contributed by atoms with E-state index in [1.165, 1.54) is 11.1 Å². The Balaban J connectivity index is 1.91. The van der Waals surface area contributed by atoms with Gasteiger partial charge in [0.05, 0.1) is 4.47 Å². The van der Waals surface area contributed by atoms with Gasteiger partial charge in [0, 0.05) is 36.8 Å². The molecule has 1 aliphatic heterocycles. The first-order valence-corrected chi connectivity index (χ1v) is 9.45. The van der Waals surface area contributed by atoms with Gasteiger partial charge in [-0.15, -0.1) is 0 Å². The molecule has 1 N–H and O–H groups in total. The first-order chi connectivity index (χ1) is 11.6. The summed E-state index contributed by atoms with van der Waals surface area (Å²) in [6, 6.07) is 8.17. The van der Waals surface area contributed by atoms with Crippen molar-refractivity contribution in [1.82, 2.24) is 10.2 Å². The molecule has 1 atom stereocenters. The number of hydrogen-bond donors (Lipinski definition) is 1. The van der Waals surface area contributed by atoms with E-state index in [9.17, 15) is 5.21 Å². The van der Waals surface area contributed by atoms with Crippen LogP contribution < -0.4 is 10.0 Å². The molecule has 1 aromatic carbocycles. The number of nitrogens with one attached hydrogen (secondary N) is 1. The third kappa shape index (κ3) is 2.94. The number of hydrogen-bond acceptors (Lipinski definition) is 3. The van der Waals surface area contributed by atoms with Crippen LogP contribution in [0.15, 0.2) is 34.9 Å². The maximum atomic E-state index is 12.8. The van der Waals surface area contributed by atoms with Gasteiger partial charge in [0.25, 0.3) is 0 Å². The second-order valence-corrected chi connectivity index (χ2v) is 7.78. The van der Waals surface area contributed by atoms with Gasteiger partial charge in [-0.05, 0) is 58.1 Å². The van der Waals surface area contributed by atoms with Gasteiger partial charge in [0.2, 0.25) is 5.69 Å². The molecule has 126 valence electrons. The highest BCUT2D eigenvalue weighted by molar-refractivity contribution is 9.10. The van der Waals surface area contributed by atoms with Crippen LogP contribution in [-0.2, 0) is 12.8 Å². The number of aryl methyl sites for hydroxylation is 2. The highest BCUT2D eigenvalue weighted by atomic mass is 79.9. The molecule has 2 aliphatic rings. The Kier molecular flexibility index (Phi) is 4.52. The van der Waals surface area contributed by atoms with Crippen LogP contribution in [0.2, 0.25) is 5.02 Å². The molecule has 0 saturated carbocycles. The molecular formula is C18H19BrClN3O. The van der Waals surface area contributed by atoms with Gasteiger partial charge in [-0.2, -0.15) is 4.73 Å². The quantitative estimate of drug-likeness (QED) is 0.583. The molecular weight excluding hydrogens is 390 g/mol. The number of nitrogens with zero attached hydrogens (tertiary/aromatic N) is 2. The minimum Gasteiger partial charge on any atom is -0.618 e. The second-order valence-electron chi connectivity index (χ2n) is 6.43. The largest absolute Gasteiger partial charge is 0.618 e. The predicted molar refractivity (Wildman–Crippen MR) is 98.2 cm³/mol. The number of aromatic nitrogens is 1. The standard InChI is InChI=1S/C18H19BrClN3O/c19-14-9-13-2-1-12-10-15(20)3-4-16(12)18(17(13)23(24)11-14)22-7-5-21-6-8-22/h3-4,9-11,18,21H,1-2,5-8H2. The number of fused-ring (bicyclic) bond motifs is 2. The van der Waals surface area contributed by atoms with Crippen LogP contribution >= 0.6 is 27.5 Å². The topological polar surface area (TPSA) is 42.2 Å². The van der Waals surface area contributed by atoms with Gasteiger partial charge in [-0.3, -0.25) is 4.90 Å². The Morgan fingerprint density at radius 1 is 1.17 bits per heavy atom. The summed E-state index contributed by atoms with van der Waals surface area (Å²) in [7, 11) is 0. The van der Waals surface area contributed by atoms with E-state index in [0.717, 1.165) is 64.5 Å². The summed E-state index contributed by atoms with van der Waals surface area (Å²) in [5.74, 6) is 0. The van der Waals surface area contributed by atoms with Crippen molar-refractivity contribution in [2.75, 3.05) is 26.2 Å². The Hall–Kier alpha value is -1.14.